The maximum Gasteiger partial charge on any atom is 0.410 e. The number of aromatic nitrogens is 3. The SMILES string of the molecule is CC(C)n1cnc2cc(-c3ccc4c(c3)N([C@H]3C[C@@H](N5CCCCC5)C3)C(=O)C43CCN(C(=O)OC(C)(C)C)CC3)nc(N3CC(C#N)C3)c21. The van der Waals surface area contributed by atoms with Crippen LogP contribution in [0.2, 0.25) is 0 Å². The van der Waals surface area contributed by atoms with Gasteiger partial charge in [0.2, 0.25) is 5.91 Å². The number of nitrogens with zero attached hydrogens (tertiary/aromatic N) is 8. The highest BCUT2D eigenvalue weighted by molar-refractivity contribution is 6.09. The van der Waals surface area contributed by atoms with Crippen LogP contribution in [0.1, 0.15) is 91.2 Å². The molecule has 2 aromatic heterocycles. The Morgan fingerprint density at radius 3 is 2.40 bits per heavy atom. The van der Waals surface area contributed by atoms with Crippen LogP contribution < -0.4 is 9.80 Å². The highest BCUT2D eigenvalue weighted by Crippen LogP contribution is 2.52. The number of anilines is 2. The molecule has 1 saturated carbocycles. The highest BCUT2D eigenvalue weighted by Gasteiger charge is 2.56. The molecule has 8 rings (SSSR count). The average molecular weight is 679 g/mol. The molecule has 4 fully saturated rings. The number of likely N-dealkylation sites (tertiary alicyclic amines) is 2. The van der Waals surface area contributed by atoms with Crippen LogP contribution in [-0.4, -0.2) is 93.3 Å². The molecular weight excluding hydrogens is 628 g/mol. The quantitative estimate of drug-likeness (QED) is 0.311. The second kappa shape index (κ2) is 12.3. The lowest BCUT2D eigenvalue weighted by Gasteiger charge is -2.48. The molecule has 0 atom stereocenters. The monoisotopic (exact) mass is 678 g/mol. The van der Waals surface area contributed by atoms with Crippen molar-refractivity contribution in [3.8, 4) is 17.3 Å². The summed E-state index contributed by atoms with van der Waals surface area (Å²) in [6.45, 7) is 14.5. The number of carbonyl (C=O) groups is 2. The van der Waals surface area contributed by atoms with Crippen molar-refractivity contribution in [3.63, 3.8) is 0 Å². The molecule has 0 radical (unpaired) electrons. The van der Waals surface area contributed by atoms with Crippen LogP contribution in [0.5, 0.6) is 0 Å². The zero-order chi connectivity index (χ0) is 34.9. The zero-order valence-corrected chi connectivity index (χ0v) is 30.2. The van der Waals surface area contributed by atoms with E-state index in [2.05, 4.69) is 63.4 Å². The van der Waals surface area contributed by atoms with E-state index >= 15 is 0 Å². The summed E-state index contributed by atoms with van der Waals surface area (Å²) in [6.07, 6.45) is 8.54. The van der Waals surface area contributed by atoms with Crippen molar-refractivity contribution in [2.24, 2.45) is 5.92 Å². The first kappa shape index (κ1) is 33.0. The van der Waals surface area contributed by atoms with Crippen LogP contribution in [0.3, 0.4) is 0 Å². The largest absolute Gasteiger partial charge is 0.444 e. The fraction of sp³-hybridized carbons (Fsp3) is 0.615. The number of amides is 2. The van der Waals surface area contributed by atoms with Crippen LogP contribution in [0, 0.1) is 17.2 Å². The number of hydrogen-bond acceptors (Lipinski definition) is 8. The van der Waals surface area contributed by atoms with E-state index in [9.17, 15) is 14.9 Å². The Labute approximate surface area is 295 Å². The van der Waals surface area contributed by atoms with Crippen LogP contribution >= 0.6 is 0 Å². The van der Waals surface area contributed by atoms with Crippen LogP contribution in [0.15, 0.2) is 30.6 Å². The zero-order valence-electron chi connectivity index (χ0n) is 30.2. The molecular formula is C39H50N8O3. The van der Waals surface area contributed by atoms with Gasteiger partial charge in [-0.3, -0.25) is 4.79 Å². The maximum absolute atomic E-state index is 14.8. The van der Waals surface area contributed by atoms with Gasteiger partial charge in [-0.15, -0.1) is 0 Å². The molecule has 0 N–H and O–H groups in total. The number of pyridine rings is 1. The average Bonchev–Trinajstić information content (AvgIpc) is 3.58. The van der Waals surface area contributed by atoms with Gasteiger partial charge in [-0.1, -0.05) is 18.6 Å². The molecule has 4 aliphatic heterocycles. The van der Waals surface area contributed by atoms with E-state index in [1.54, 1.807) is 4.90 Å². The molecule has 0 bridgehead atoms. The molecule has 0 unspecified atom stereocenters. The van der Waals surface area contributed by atoms with Gasteiger partial charge in [0, 0.05) is 55.6 Å². The number of rotatable bonds is 5. The second-order valence-corrected chi connectivity index (χ2v) is 16.5. The third-order valence-corrected chi connectivity index (χ3v) is 11.8. The topological polar surface area (TPSA) is 111 Å². The Morgan fingerprint density at radius 2 is 1.74 bits per heavy atom. The number of nitriles is 1. The van der Waals surface area contributed by atoms with E-state index in [0.29, 0.717) is 45.1 Å². The summed E-state index contributed by atoms with van der Waals surface area (Å²) in [7, 11) is 0. The Kier molecular flexibility index (Phi) is 8.09. The summed E-state index contributed by atoms with van der Waals surface area (Å²) >= 11 is 0. The van der Waals surface area contributed by atoms with E-state index < -0.39 is 11.0 Å². The third-order valence-electron chi connectivity index (χ3n) is 11.8. The van der Waals surface area contributed by atoms with Crippen LogP contribution in [0.4, 0.5) is 16.3 Å². The number of piperidine rings is 2. The lowest BCUT2D eigenvalue weighted by atomic mass is 9.73. The van der Waals surface area contributed by atoms with Crippen molar-refractivity contribution in [1.82, 2.24) is 24.3 Å². The fourth-order valence-corrected chi connectivity index (χ4v) is 8.88. The van der Waals surface area contributed by atoms with Crippen molar-refractivity contribution < 1.29 is 14.3 Å². The first-order valence-electron chi connectivity index (χ1n) is 18.7. The first-order valence-corrected chi connectivity index (χ1v) is 18.7. The molecule has 2 amide bonds. The Bertz CT molecular complexity index is 1840. The van der Waals surface area contributed by atoms with Gasteiger partial charge in [0.05, 0.1) is 34.9 Å². The second-order valence-electron chi connectivity index (χ2n) is 16.5. The molecule has 50 heavy (non-hydrogen) atoms. The minimum absolute atomic E-state index is 0.000317. The number of carbonyl (C=O) groups excluding carboxylic acids is 2. The molecule has 3 saturated heterocycles. The molecule has 1 aliphatic carbocycles. The summed E-state index contributed by atoms with van der Waals surface area (Å²) in [5.74, 6) is 1.04. The Morgan fingerprint density at radius 1 is 1.02 bits per heavy atom. The van der Waals surface area contributed by atoms with Gasteiger partial charge in [-0.05, 0) is 104 Å². The molecule has 5 aliphatic rings. The summed E-state index contributed by atoms with van der Waals surface area (Å²) in [5, 5.41) is 9.51. The van der Waals surface area contributed by atoms with E-state index in [4.69, 9.17) is 14.7 Å². The van der Waals surface area contributed by atoms with Crippen LogP contribution in [-0.2, 0) is 14.9 Å². The van der Waals surface area contributed by atoms with Gasteiger partial charge in [0.1, 0.15) is 11.1 Å². The fourth-order valence-electron chi connectivity index (χ4n) is 8.88. The smallest absolute Gasteiger partial charge is 0.410 e. The summed E-state index contributed by atoms with van der Waals surface area (Å²) in [4.78, 5) is 46.6. The van der Waals surface area contributed by atoms with Gasteiger partial charge in [-0.2, -0.15) is 5.26 Å². The number of hydrogen-bond donors (Lipinski definition) is 0. The normalized spacial score (nSPS) is 24.0. The molecule has 6 heterocycles. The predicted molar refractivity (Wildman–Crippen MR) is 193 cm³/mol. The van der Waals surface area contributed by atoms with Gasteiger partial charge in [0.15, 0.2) is 5.82 Å². The lowest BCUT2D eigenvalue weighted by Crippen LogP contribution is -2.58. The summed E-state index contributed by atoms with van der Waals surface area (Å²) < 4.78 is 7.85. The van der Waals surface area contributed by atoms with E-state index in [0.717, 1.165) is 65.3 Å². The van der Waals surface area contributed by atoms with E-state index in [1.807, 2.05) is 27.1 Å². The lowest BCUT2D eigenvalue weighted by molar-refractivity contribution is -0.126. The summed E-state index contributed by atoms with van der Waals surface area (Å²) in [6, 6.07) is 11.8. The van der Waals surface area contributed by atoms with Gasteiger partial charge < -0.3 is 28.9 Å². The predicted octanol–water partition coefficient (Wildman–Crippen LogP) is 6.27. The molecule has 11 heteroatoms. The number of ether oxygens (including phenoxy) is 1. The maximum atomic E-state index is 14.8. The van der Waals surface area contributed by atoms with E-state index in [1.165, 1.54) is 19.3 Å². The van der Waals surface area contributed by atoms with Crippen molar-refractivity contribution in [1.29, 1.82) is 5.26 Å². The van der Waals surface area contributed by atoms with E-state index in [-0.39, 0.29) is 30.0 Å². The summed E-state index contributed by atoms with van der Waals surface area (Å²) in [5.41, 5.74) is 4.47. The molecule has 1 aromatic carbocycles. The van der Waals surface area contributed by atoms with Crippen LogP contribution in [0.25, 0.3) is 22.3 Å². The number of fused-ring (bicyclic) bond motifs is 3. The minimum Gasteiger partial charge on any atom is -0.444 e. The van der Waals surface area contributed by atoms with Gasteiger partial charge in [-0.25, -0.2) is 14.8 Å². The molecule has 264 valence electrons. The number of imidazole rings is 1. The number of benzene rings is 1. The Hall–Kier alpha value is -4.17. The third kappa shape index (κ3) is 5.51. The van der Waals surface area contributed by atoms with Crippen molar-refractivity contribution in [2.75, 3.05) is 49.1 Å². The minimum atomic E-state index is -0.662. The Balaban J connectivity index is 1.15. The highest BCUT2D eigenvalue weighted by atomic mass is 16.6. The van der Waals surface area contributed by atoms with Crippen molar-refractivity contribution in [3.05, 3.63) is 36.2 Å². The van der Waals surface area contributed by atoms with Gasteiger partial charge >= 0.3 is 6.09 Å². The molecule has 3 aromatic rings. The molecule has 11 nitrogen and oxygen atoms in total. The first-order chi connectivity index (χ1) is 24.0. The van der Waals surface area contributed by atoms with Gasteiger partial charge in [0.25, 0.3) is 0 Å². The van der Waals surface area contributed by atoms with Crippen molar-refractivity contribution in [2.45, 2.75) is 109 Å². The standard InChI is InChI=1S/C39H50N8O3/c1-25(2)46-24-41-32-20-31(42-35(34(32)46)45-22-26(21-40)23-45)27-9-10-30-33(17-27)47(29-18-28(19-29)43-13-7-6-8-14-43)36(48)39(30)11-15-44(16-12-39)37(49)50-38(3,4)5/h9-10,17,20,24-26,28-29H,6-8,11-16,18-19,22-23H2,1-5H3/t28-,29+. The molecule has 1 spiro atoms. The van der Waals surface area contributed by atoms with Crippen molar-refractivity contribution >= 4 is 34.5 Å².